The molecule has 1 fully saturated rings. The summed E-state index contributed by atoms with van der Waals surface area (Å²) in [7, 11) is 4.97. The van der Waals surface area contributed by atoms with Crippen LogP contribution in [0.4, 0.5) is 0 Å². The molecule has 0 aliphatic carbocycles. The molecule has 5 heteroatoms. The standard InChI is InChI=1S/C21H28N2O3/c1-24-19-12-21(26-3)20(25-2)11-17(19)13-22-18-9-10-23(15-18)14-16-7-5-4-6-8-16/h4-8,11-12,18,22H,9-10,13-15H2,1-3H3/t18-/m0/s1. The van der Waals surface area contributed by atoms with E-state index in [1.54, 1.807) is 21.3 Å². The minimum atomic E-state index is 0.483. The highest BCUT2D eigenvalue weighted by molar-refractivity contribution is 5.50. The van der Waals surface area contributed by atoms with E-state index in [9.17, 15) is 0 Å². The van der Waals surface area contributed by atoms with Crippen LogP contribution in [0.15, 0.2) is 42.5 Å². The van der Waals surface area contributed by atoms with Crippen molar-refractivity contribution < 1.29 is 14.2 Å². The summed E-state index contributed by atoms with van der Waals surface area (Å²) in [5.41, 5.74) is 2.45. The molecule has 3 rings (SSSR count). The number of likely N-dealkylation sites (tertiary alicyclic amines) is 1. The van der Waals surface area contributed by atoms with Crippen LogP contribution >= 0.6 is 0 Å². The molecule has 1 atom stereocenters. The lowest BCUT2D eigenvalue weighted by atomic mass is 10.1. The lowest BCUT2D eigenvalue weighted by Gasteiger charge is -2.18. The lowest BCUT2D eigenvalue weighted by Crippen LogP contribution is -2.32. The summed E-state index contributed by atoms with van der Waals surface area (Å²) < 4.78 is 16.3. The monoisotopic (exact) mass is 356 g/mol. The molecule has 1 heterocycles. The molecule has 1 N–H and O–H groups in total. The fraction of sp³-hybridized carbons (Fsp3) is 0.429. The van der Waals surface area contributed by atoms with Crippen molar-refractivity contribution in [2.75, 3.05) is 34.4 Å². The number of nitrogens with one attached hydrogen (secondary N) is 1. The quantitative estimate of drug-likeness (QED) is 0.787. The summed E-state index contributed by atoms with van der Waals surface area (Å²) in [4.78, 5) is 2.50. The van der Waals surface area contributed by atoms with Crippen LogP contribution in [0.3, 0.4) is 0 Å². The number of methoxy groups -OCH3 is 3. The minimum absolute atomic E-state index is 0.483. The van der Waals surface area contributed by atoms with E-state index in [0.29, 0.717) is 11.8 Å². The highest BCUT2D eigenvalue weighted by atomic mass is 16.5. The number of ether oxygens (including phenoxy) is 3. The molecule has 0 saturated carbocycles. The summed E-state index contributed by atoms with van der Waals surface area (Å²) in [6.07, 6.45) is 1.16. The SMILES string of the molecule is COc1cc(OC)c(OC)cc1CN[C@H]1CCN(Cc2ccccc2)C1. The molecule has 0 aromatic heterocycles. The van der Waals surface area contributed by atoms with Crippen molar-refractivity contribution in [1.29, 1.82) is 0 Å². The Morgan fingerprint density at radius 3 is 2.35 bits per heavy atom. The Labute approximate surface area is 155 Å². The van der Waals surface area contributed by atoms with Crippen molar-refractivity contribution in [1.82, 2.24) is 10.2 Å². The molecular formula is C21H28N2O3. The van der Waals surface area contributed by atoms with E-state index in [4.69, 9.17) is 14.2 Å². The van der Waals surface area contributed by atoms with E-state index >= 15 is 0 Å². The molecule has 2 aromatic rings. The van der Waals surface area contributed by atoms with Crippen LogP contribution < -0.4 is 19.5 Å². The van der Waals surface area contributed by atoms with Gasteiger partial charge in [-0.3, -0.25) is 4.90 Å². The first-order valence-electron chi connectivity index (χ1n) is 9.02. The van der Waals surface area contributed by atoms with Gasteiger partial charge in [0.15, 0.2) is 11.5 Å². The Balaban J connectivity index is 1.57. The fourth-order valence-corrected chi connectivity index (χ4v) is 3.47. The molecule has 0 radical (unpaired) electrons. The zero-order chi connectivity index (χ0) is 18.4. The van der Waals surface area contributed by atoms with Crippen LogP contribution in [0.5, 0.6) is 17.2 Å². The second-order valence-corrected chi connectivity index (χ2v) is 6.61. The molecule has 0 unspecified atom stereocenters. The van der Waals surface area contributed by atoms with E-state index in [1.165, 1.54) is 5.56 Å². The molecule has 0 spiro atoms. The number of benzene rings is 2. The maximum absolute atomic E-state index is 5.52. The first-order chi connectivity index (χ1) is 12.7. The van der Waals surface area contributed by atoms with Crippen molar-refractivity contribution in [3.8, 4) is 17.2 Å². The van der Waals surface area contributed by atoms with Gasteiger partial charge in [0.05, 0.1) is 21.3 Å². The van der Waals surface area contributed by atoms with Gasteiger partial charge in [0.1, 0.15) is 5.75 Å². The molecule has 140 valence electrons. The average Bonchev–Trinajstić information content (AvgIpc) is 3.13. The van der Waals surface area contributed by atoms with Gasteiger partial charge in [0.25, 0.3) is 0 Å². The van der Waals surface area contributed by atoms with E-state index in [-0.39, 0.29) is 0 Å². The summed E-state index contributed by atoms with van der Waals surface area (Å²) in [6.45, 7) is 3.94. The highest BCUT2D eigenvalue weighted by Crippen LogP contribution is 2.34. The summed E-state index contributed by atoms with van der Waals surface area (Å²) >= 11 is 0. The third-order valence-corrected chi connectivity index (χ3v) is 4.89. The Bertz CT molecular complexity index is 706. The van der Waals surface area contributed by atoms with Crippen LogP contribution in [-0.4, -0.2) is 45.4 Å². The van der Waals surface area contributed by atoms with Crippen molar-refractivity contribution in [3.05, 3.63) is 53.6 Å². The van der Waals surface area contributed by atoms with Crippen molar-refractivity contribution in [2.24, 2.45) is 0 Å². The van der Waals surface area contributed by atoms with E-state index in [2.05, 4.69) is 40.5 Å². The van der Waals surface area contributed by atoms with Crippen LogP contribution in [0.25, 0.3) is 0 Å². The van der Waals surface area contributed by atoms with Crippen LogP contribution in [0.2, 0.25) is 0 Å². The van der Waals surface area contributed by atoms with Crippen LogP contribution in [-0.2, 0) is 13.1 Å². The molecule has 1 saturated heterocycles. The minimum Gasteiger partial charge on any atom is -0.496 e. The van der Waals surface area contributed by atoms with Gasteiger partial charge < -0.3 is 19.5 Å². The van der Waals surface area contributed by atoms with Gasteiger partial charge in [0.2, 0.25) is 0 Å². The normalized spacial score (nSPS) is 17.3. The topological polar surface area (TPSA) is 43.0 Å². The number of hydrogen-bond donors (Lipinski definition) is 1. The molecule has 5 nitrogen and oxygen atoms in total. The summed E-state index contributed by atoms with van der Waals surface area (Å²) in [5, 5.41) is 3.66. The third kappa shape index (κ3) is 4.48. The Morgan fingerprint density at radius 2 is 1.65 bits per heavy atom. The van der Waals surface area contributed by atoms with Crippen LogP contribution in [0.1, 0.15) is 17.5 Å². The molecule has 26 heavy (non-hydrogen) atoms. The van der Waals surface area contributed by atoms with E-state index < -0.39 is 0 Å². The van der Waals surface area contributed by atoms with Crippen molar-refractivity contribution in [2.45, 2.75) is 25.6 Å². The first kappa shape index (κ1) is 18.5. The van der Waals surface area contributed by atoms with Gasteiger partial charge in [0, 0.05) is 43.9 Å². The van der Waals surface area contributed by atoms with Gasteiger partial charge >= 0.3 is 0 Å². The zero-order valence-electron chi connectivity index (χ0n) is 15.8. The predicted molar refractivity (Wildman–Crippen MR) is 103 cm³/mol. The molecule has 0 amide bonds. The molecule has 1 aliphatic rings. The summed E-state index contributed by atoms with van der Waals surface area (Å²) in [5.74, 6) is 2.22. The highest BCUT2D eigenvalue weighted by Gasteiger charge is 2.22. The second kappa shape index (κ2) is 8.92. The zero-order valence-corrected chi connectivity index (χ0v) is 15.8. The number of rotatable bonds is 8. The lowest BCUT2D eigenvalue weighted by molar-refractivity contribution is 0.319. The van der Waals surface area contributed by atoms with E-state index in [0.717, 1.165) is 49.7 Å². The maximum Gasteiger partial charge on any atom is 0.164 e. The third-order valence-electron chi connectivity index (χ3n) is 4.89. The van der Waals surface area contributed by atoms with Gasteiger partial charge in [-0.25, -0.2) is 0 Å². The number of hydrogen-bond acceptors (Lipinski definition) is 5. The van der Waals surface area contributed by atoms with E-state index in [1.807, 2.05) is 12.1 Å². The van der Waals surface area contributed by atoms with Gasteiger partial charge in [-0.15, -0.1) is 0 Å². The van der Waals surface area contributed by atoms with Gasteiger partial charge in [-0.2, -0.15) is 0 Å². The van der Waals surface area contributed by atoms with Crippen molar-refractivity contribution in [3.63, 3.8) is 0 Å². The van der Waals surface area contributed by atoms with Crippen LogP contribution in [0, 0.1) is 0 Å². The largest absolute Gasteiger partial charge is 0.496 e. The first-order valence-corrected chi connectivity index (χ1v) is 9.02. The molecular weight excluding hydrogens is 328 g/mol. The van der Waals surface area contributed by atoms with Gasteiger partial charge in [-0.1, -0.05) is 30.3 Å². The molecule has 2 aromatic carbocycles. The Hall–Kier alpha value is -2.24. The predicted octanol–water partition coefficient (Wildman–Crippen LogP) is 3.08. The Kier molecular flexibility index (Phi) is 6.36. The maximum atomic E-state index is 5.52. The smallest absolute Gasteiger partial charge is 0.164 e. The van der Waals surface area contributed by atoms with Crippen molar-refractivity contribution >= 4 is 0 Å². The second-order valence-electron chi connectivity index (χ2n) is 6.61. The number of nitrogens with zero attached hydrogens (tertiary/aromatic N) is 1. The Morgan fingerprint density at radius 1 is 0.962 bits per heavy atom. The average molecular weight is 356 g/mol. The van der Waals surface area contributed by atoms with Gasteiger partial charge in [-0.05, 0) is 18.1 Å². The molecule has 0 bridgehead atoms. The fourth-order valence-electron chi connectivity index (χ4n) is 3.47. The molecule has 1 aliphatic heterocycles. The summed E-state index contributed by atoms with van der Waals surface area (Å²) in [6, 6.07) is 15.0.